The first-order valence-electron chi connectivity index (χ1n) is 7.57. The second-order valence-electron chi connectivity index (χ2n) is 5.36. The van der Waals surface area contributed by atoms with Gasteiger partial charge in [-0.05, 0) is 18.2 Å². The van der Waals surface area contributed by atoms with E-state index in [0.29, 0.717) is 16.8 Å². The third-order valence-corrected chi connectivity index (χ3v) is 4.71. The van der Waals surface area contributed by atoms with Crippen LogP contribution in [-0.2, 0) is 14.8 Å². The average molecular weight is 369 g/mol. The topological polar surface area (TPSA) is 114 Å². The Hall–Kier alpha value is -3.33. The van der Waals surface area contributed by atoms with Gasteiger partial charge in [0, 0.05) is 36.6 Å². The number of nitrogens with zero attached hydrogens (tertiary/aromatic N) is 3. The highest BCUT2D eigenvalue weighted by molar-refractivity contribution is 7.92. The van der Waals surface area contributed by atoms with Crippen LogP contribution in [0.1, 0.15) is 6.92 Å². The number of hydrogen-bond acceptors (Lipinski definition) is 6. The molecule has 2 heterocycles. The van der Waals surface area contributed by atoms with E-state index in [9.17, 15) is 13.2 Å². The van der Waals surface area contributed by atoms with E-state index >= 15 is 0 Å². The molecule has 0 aliphatic heterocycles. The van der Waals surface area contributed by atoms with Crippen LogP contribution in [0, 0.1) is 0 Å². The molecule has 132 valence electrons. The van der Waals surface area contributed by atoms with E-state index in [2.05, 4.69) is 25.0 Å². The summed E-state index contributed by atoms with van der Waals surface area (Å²) in [6, 6.07) is 9.69. The van der Waals surface area contributed by atoms with E-state index in [1.165, 1.54) is 37.6 Å². The van der Waals surface area contributed by atoms with Crippen LogP contribution in [0.15, 0.2) is 66.1 Å². The molecule has 0 unspecified atom stereocenters. The van der Waals surface area contributed by atoms with Crippen molar-refractivity contribution in [1.29, 1.82) is 0 Å². The normalized spacial score (nSPS) is 11.0. The third kappa shape index (κ3) is 4.19. The molecule has 2 aromatic heterocycles. The lowest BCUT2D eigenvalue weighted by atomic mass is 10.1. The summed E-state index contributed by atoms with van der Waals surface area (Å²) in [5.74, 6) is -0.0770. The number of nitrogens with one attached hydrogen (secondary N) is 2. The lowest BCUT2D eigenvalue weighted by Crippen LogP contribution is -2.13. The van der Waals surface area contributed by atoms with Gasteiger partial charge in [-0.25, -0.2) is 18.4 Å². The van der Waals surface area contributed by atoms with Gasteiger partial charge in [-0.15, -0.1) is 0 Å². The summed E-state index contributed by atoms with van der Waals surface area (Å²) in [7, 11) is -3.70. The molecule has 0 aliphatic carbocycles. The van der Waals surface area contributed by atoms with E-state index in [1.807, 2.05) is 0 Å². The van der Waals surface area contributed by atoms with Crippen molar-refractivity contribution < 1.29 is 13.2 Å². The maximum Gasteiger partial charge on any atom is 0.261 e. The van der Waals surface area contributed by atoms with Crippen LogP contribution in [0.4, 0.5) is 11.6 Å². The number of aromatic nitrogens is 3. The first kappa shape index (κ1) is 17.5. The molecular formula is C17H15N5O3S. The van der Waals surface area contributed by atoms with Crippen molar-refractivity contribution in [2.45, 2.75) is 11.8 Å². The Bertz CT molecular complexity index is 1020. The van der Waals surface area contributed by atoms with Crippen molar-refractivity contribution in [2.75, 3.05) is 10.0 Å². The van der Waals surface area contributed by atoms with Crippen molar-refractivity contribution in [3.8, 4) is 11.1 Å². The van der Waals surface area contributed by atoms with Crippen LogP contribution in [0.3, 0.4) is 0 Å². The maximum atomic E-state index is 12.4. The minimum absolute atomic E-state index is 0.161. The molecule has 1 amide bonds. The molecule has 8 nitrogen and oxygen atoms in total. The highest BCUT2D eigenvalue weighted by Gasteiger charge is 2.14. The van der Waals surface area contributed by atoms with Gasteiger partial charge >= 0.3 is 0 Å². The molecule has 0 aliphatic rings. The van der Waals surface area contributed by atoms with Crippen LogP contribution in [0.2, 0.25) is 0 Å². The van der Waals surface area contributed by atoms with Crippen LogP contribution >= 0.6 is 0 Å². The van der Waals surface area contributed by atoms with Gasteiger partial charge in [-0.3, -0.25) is 19.8 Å². The zero-order chi connectivity index (χ0) is 18.6. The van der Waals surface area contributed by atoms with Crippen molar-refractivity contribution in [3.63, 3.8) is 0 Å². The van der Waals surface area contributed by atoms with E-state index < -0.39 is 10.0 Å². The van der Waals surface area contributed by atoms with Crippen LogP contribution < -0.4 is 10.0 Å². The van der Waals surface area contributed by atoms with Gasteiger partial charge in [0.2, 0.25) is 11.9 Å². The SMILES string of the molecule is CC(=O)Nc1ncc(-c2cncc(NS(=O)(=O)c3ccccc3)c2)cn1. The standard InChI is InChI=1S/C17H15N5O3S/c1-12(23)21-17-19-9-14(10-20-17)13-7-15(11-18-8-13)22-26(24,25)16-5-3-2-4-6-16/h2-11,22H,1H3,(H,19,20,21,23). The number of hydrogen-bond donors (Lipinski definition) is 2. The lowest BCUT2D eigenvalue weighted by Gasteiger charge is -2.09. The quantitative estimate of drug-likeness (QED) is 0.713. The molecule has 0 atom stereocenters. The molecule has 0 radical (unpaired) electrons. The summed E-state index contributed by atoms with van der Waals surface area (Å²) >= 11 is 0. The second-order valence-corrected chi connectivity index (χ2v) is 7.04. The van der Waals surface area contributed by atoms with Gasteiger partial charge in [0.1, 0.15) is 0 Å². The summed E-state index contributed by atoms with van der Waals surface area (Å²) in [5, 5.41) is 2.48. The summed E-state index contributed by atoms with van der Waals surface area (Å²) in [4.78, 5) is 23.3. The highest BCUT2D eigenvalue weighted by Crippen LogP contribution is 2.22. The van der Waals surface area contributed by atoms with Gasteiger partial charge in [-0.2, -0.15) is 0 Å². The molecule has 3 rings (SSSR count). The smallest absolute Gasteiger partial charge is 0.261 e. The van der Waals surface area contributed by atoms with Gasteiger partial charge in [0.05, 0.1) is 16.8 Å². The summed E-state index contributed by atoms with van der Waals surface area (Å²) in [6.45, 7) is 1.36. The number of rotatable bonds is 5. The molecule has 0 spiro atoms. The molecular weight excluding hydrogens is 354 g/mol. The molecule has 0 fully saturated rings. The lowest BCUT2D eigenvalue weighted by molar-refractivity contribution is -0.114. The molecule has 1 aromatic carbocycles. The van der Waals surface area contributed by atoms with Gasteiger partial charge in [-0.1, -0.05) is 18.2 Å². The predicted molar refractivity (Wildman–Crippen MR) is 96.8 cm³/mol. The Morgan fingerprint density at radius 2 is 1.65 bits per heavy atom. The third-order valence-electron chi connectivity index (χ3n) is 3.32. The Morgan fingerprint density at radius 3 is 2.31 bits per heavy atom. The summed E-state index contributed by atoms with van der Waals surface area (Å²) in [6.07, 6.45) is 6.02. The first-order chi connectivity index (χ1) is 12.4. The van der Waals surface area contributed by atoms with E-state index in [1.54, 1.807) is 30.5 Å². The highest BCUT2D eigenvalue weighted by atomic mass is 32.2. The van der Waals surface area contributed by atoms with E-state index in [-0.39, 0.29) is 16.8 Å². The summed E-state index contributed by atoms with van der Waals surface area (Å²) < 4.78 is 27.3. The minimum atomic E-state index is -3.70. The molecule has 3 aromatic rings. The molecule has 0 saturated carbocycles. The molecule has 0 saturated heterocycles. The van der Waals surface area contributed by atoms with Crippen LogP contribution in [0.25, 0.3) is 11.1 Å². The molecule has 26 heavy (non-hydrogen) atoms. The van der Waals surface area contributed by atoms with Crippen molar-refractivity contribution in [2.24, 2.45) is 0 Å². The largest absolute Gasteiger partial charge is 0.295 e. The van der Waals surface area contributed by atoms with Gasteiger partial charge in [0.25, 0.3) is 10.0 Å². The monoisotopic (exact) mass is 369 g/mol. The van der Waals surface area contributed by atoms with Crippen molar-refractivity contribution in [3.05, 3.63) is 61.2 Å². The number of pyridine rings is 1. The fourth-order valence-corrected chi connectivity index (χ4v) is 3.22. The fourth-order valence-electron chi connectivity index (χ4n) is 2.17. The first-order valence-corrected chi connectivity index (χ1v) is 9.05. The maximum absolute atomic E-state index is 12.4. The number of amides is 1. The predicted octanol–water partition coefficient (Wildman–Crippen LogP) is 2.30. The minimum Gasteiger partial charge on any atom is -0.295 e. The number of anilines is 2. The Balaban J connectivity index is 1.83. The Kier molecular flexibility index (Phi) is 4.90. The average Bonchev–Trinajstić information content (AvgIpc) is 2.62. The van der Waals surface area contributed by atoms with Crippen molar-refractivity contribution >= 4 is 27.6 Å². The van der Waals surface area contributed by atoms with Crippen molar-refractivity contribution in [1.82, 2.24) is 15.0 Å². The Labute approximate surface area is 150 Å². The van der Waals surface area contributed by atoms with E-state index in [0.717, 1.165) is 0 Å². The number of carbonyl (C=O) groups is 1. The molecule has 2 N–H and O–H groups in total. The van der Waals surface area contributed by atoms with E-state index in [4.69, 9.17) is 0 Å². The van der Waals surface area contributed by atoms with Crippen LogP contribution in [-0.4, -0.2) is 29.3 Å². The Morgan fingerprint density at radius 1 is 0.962 bits per heavy atom. The zero-order valence-corrected chi connectivity index (χ0v) is 14.6. The second kappa shape index (κ2) is 7.28. The molecule has 9 heteroatoms. The number of benzene rings is 1. The number of carbonyl (C=O) groups excluding carboxylic acids is 1. The van der Waals surface area contributed by atoms with Gasteiger partial charge in [0.15, 0.2) is 0 Å². The zero-order valence-electron chi connectivity index (χ0n) is 13.7. The molecule has 0 bridgehead atoms. The van der Waals surface area contributed by atoms with Crippen LogP contribution in [0.5, 0.6) is 0 Å². The fraction of sp³-hybridized carbons (Fsp3) is 0.0588. The summed E-state index contributed by atoms with van der Waals surface area (Å²) in [5.41, 5.74) is 1.58. The van der Waals surface area contributed by atoms with Gasteiger partial charge < -0.3 is 0 Å². The number of sulfonamides is 1.